The van der Waals surface area contributed by atoms with Crippen molar-refractivity contribution in [3.05, 3.63) is 35.9 Å². The van der Waals surface area contributed by atoms with Crippen LogP contribution in [0.25, 0.3) is 0 Å². The summed E-state index contributed by atoms with van der Waals surface area (Å²) < 4.78 is 4.66. The molecule has 6 heteroatoms. The highest BCUT2D eigenvalue weighted by molar-refractivity contribution is 5.80. The molecule has 6 nitrogen and oxygen atoms in total. The van der Waals surface area contributed by atoms with Gasteiger partial charge >= 0.3 is 5.97 Å². The monoisotopic (exact) mass is 374 g/mol. The Balaban J connectivity index is 1.70. The number of ether oxygens (including phenoxy) is 1. The molecule has 0 saturated carbocycles. The van der Waals surface area contributed by atoms with Crippen molar-refractivity contribution in [1.82, 2.24) is 15.5 Å². The summed E-state index contributed by atoms with van der Waals surface area (Å²) in [6, 6.07) is 11.1. The van der Waals surface area contributed by atoms with Gasteiger partial charge in [0.05, 0.1) is 7.11 Å². The number of hydrogen-bond acceptors (Lipinski definition) is 4. The number of methoxy groups -OCH3 is 1. The van der Waals surface area contributed by atoms with Crippen molar-refractivity contribution in [2.45, 2.75) is 51.6 Å². The summed E-state index contributed by atoms with van der Waals surface area (Å²) in [5.74, 6) is 0.739. The Labute approximate surface area is 163 Å². The van der Waals surface area contributed by atoms with Gasteiger partial charge in [0.1, 0.15) is 0 Å². The second-order valence-corrected chi connectivity index (χ2v) is 6.97. The maximum Gasteiger partial charge on any atom is 0.305 e. The molecule has 27 heavy (non-hydrogen) atoms. The highest BCUT2D eigenvalue weighted by Crippen LogP contribution is 2.13. The van der Waals surface area contributed by atoms with Gasteiger partial charge in [-0.25, -0.2) is 0 Å². The molecule has 0 atom stereocenters. The fourth-order valence-electron chi connectivity index (χ4n) is 3.26. The highest BCUT2D eigenvalue weighted by Gasteiger charge is 2.19. The number of guanidine groups is 1. The van der Waals surface area contributed by atoms with Gasteiger partial charge in [-0.05, 0) is 38.2 Å². The van der Waals surface area contributed by atoms with Crippen LogP contribution in [-0.2, 0) is 16.1 Å². The molecular weight excluding hydrogens is 340 g/mol. The summed E-state index contributed by atoms with van der Waals surface area (Å²) in [5.41, 5.74) is 1.38. The average molecular weight is 375 g/mol. The Morgan fingerprint density at radius 2 is 1.96 bits per heavy atom. The number of nitrogens with one attached hydrogen (secondary N) is 2. The molecule has 0 aliphatic carbocycles. The molecule has 0 amide bonds. The first-order valence-electron chi connectivity index (χ1n) is 10.1. The predicted molar refractivity (Wildman–Crippen MR) is 110 cm³/mol. The van der Waals surface area contributed by atoms with Gasteiger partial charge in [-0.1, -0.05) is 30.3 Å². The normalized spacial score (nSPS) is 16.1. The molecule has 1 aliphatic heterocycles. The number of likely N-dealkylation sites (tertiary alicyclic amines) is 1. The van der Waals surface area contributed by atoms with Crippen LogP contribution in [0.5, 0.6) is 0 Å². The fourth-order valence-corrected chi connectivity index (χ4v) is 3.26. The van der Waals surface area contributed by atoms with Gasteiger partial charge in [-0.2, -0.15) is 0 Å². The number of aliphatic imine (C=N–C) groups is 1. The molecule has 0 aromatic heterocycles. The van der Waals surface area contributed by atoms with E-state index in [0.717, 1.165) is 64.4 Å². The molecule has 1 saturated heterocycles. The summed E-state index contributed by atoms with van der Waals surface area (Å²) in [7, 11) is 1.43. The first-order valence-corrected chi connectivity index (χ1v) is 10.1. The van der Waals surface area contributed by atoms with E-state index in [0.29, 0.717) is 12.5 Å². The lowest BCUT2D eigenvalue weighted by atomic mass is 10.0. The third-order valence-electron chi connectivity index (χ3n) is 4.81. The summed E-state index contributed by atoms with van der Waals surface area (Å²) in [6.45, 7) is 6.88. The van der Waals surface area contributed by atoms with E-state index in [1.165, 1.54) is 12.7 Å². The van der Waals surface area contributed by atoms with Gasteiger partial charge in [-0.3, -0.25) is 14.7 Å². The number of piperidine rings is 1. The predicted octanol–water partition coefficient (Wildman–Crippen LogP) is 2.55. The lowest BCUT2D eigenvalue weighted by Gasteiger charge is -2.33. The molecule has 0 radical (unpaired) electrons. The van der Waals surface area contributed by atoms with Gasteiger partial charge in [0.2, 0.25) is 0 Å². The van der Waals surface area contributed by atoms with Crippen LogP contribution in [-0.4, -0.2) is 56.2 Å². The Bertz CT molecular complexity index is 569. The first kappa shape index (κ1) is 21.2. The quantitative estimate of drug-likeness (QED) is 0.301. The molecule has 2 rings (SSSR count). The Kier molecular flexibility index (Phi) is 9.69. The van der Waals surface area contributed by atoms with Crippen LogP contribution < -0.4 is 10.6 Å². The zero-order valence-corrected chi connectivity index (χ0v) is 16.7. The molecule has 2 N–H and O–H groups in total. The maximum absolute atomic E-state index is 11.1. The summed E-state index contributed by atoms with van der Waals surface area (Å²) >= 11 is 0. The third kappa shape index (κ3) is 8.43. The van der Waals surface area contributed by atoms with E-state index in [4.69, 9.17) is 0 Å². The second-order valence-electron chi connectivity index (χ2n) is 6.97. The summed E-state index contributed by atoms with van der Waals surface area (Å²) in [6.07, 6.45) is 4.42. The smallest absolute Gasteiger partial charge is 0.305 e. The SMILES string of the molecule is CCNC(=NCCCCC(=O)OC)NC1CCN(Cc2ccccc2)CC1. The van der Waals surface area contributed by atoms with Crippen molar-refractivity contribution in [3.63, 3.8) is 0 Å². The number of hydrogen-bond donors (Lipinski definition) is 2. The maximum atomic E-state index is 11.1. The van der Waals surface area contributed by atoms with E-state index >= 15 is 0 Å². The highest BCUT2D eigenvalue weighted by atomic mass is 16.5. The lowest BCUT2D eigenvalue weighted by molar-refractivity contribution is -0.140. The largest absolute Gasteiger partial charge is 0.469 e. The van der Waals surface area contributed by atoms with E-state index in [1.54, 1.807) is 0 Å². The van der Waals surface area contributed by atoms with Gasteiger partial charge < -0.3 is 15.4 Å². The van der Waals surface area contributed by atoms with E-state index in [1.807, 2.05) is 0 Å². The number of esters is 1. The molecule has 150 valence electrons. The molecule has 1 fully saturated rings. The minimum atomic E-state index is -0.147. The molecule has 1 aliphatic rings. The van der Waals surface area contributed by atoms with E-state index in [2.05, 4.69) is 62.5 Å². The van der Waals surface area contributed by atoms with Gasteiger partial charge in [-0.15, -0.1) is 0 Å². The average Bonchev–Trinajstić information content (AvgIpc) is 2.70. The zero-order valence-electron chi connectivity index (χ0n) is 16.7. The lowest BCUT2D eigenvalue weighted by Crippen LogP contribution is -2.48. The second kappa shape index (κ2) is 12.3. The molecule has 0 unspecified atom stereocenters. The molecule has 0 bridgehead atoms. The minimum Gasteiger partial charge on any atom is -0.469 e. The number of carbonyl (C=O) groups is 1. The summed E-state index contributed by atoms with van der Waals surface area (Å²) in [4.78, 5) is 18.3. The number of nitrogens with zero attached hydrogens (tertiary/aromatic N) is 2. The van der Waals surface area contributed by atoms with Crippen LogP contribution in [0.3, 0.4) is 0 Å². The van der Waals surface area contributed by atoms with Gasteiger partial charge in [0, 0.05) is 45.2 Å². The van der Waals surface area contributed by atoms with E-state index < -0.39 is 0 Å². The Morgan fingerprint density at radius 3 is 2.63 bits per heavy atom. The van der Waals surface area contributed by atoms with Crippen molar-refractivity contribution in [2.75, 3.05) is 33.3 Å². The first-order chi connectivity index (χ1) is 13.2. The van der Waals surface area contributed by atoms with E-state index in [9.17, 15) is 4.79 Å². The zero-order chi connectivity index (χ0) is 19.3. The van der Waals surface area contributed by atoms with Crippen LogP contribution in [0, 0.1) is 0 Å². The number of rotatable bonds is 9. The number of unbranched alkanes of at least 4 members (excludes halogenated alkanes) is 1. The van der Waals surface area contributed by atoms with Gasteiger partial charge in [0.15, 0.2) is 5.96 Å². The molecule has 1 aromatic carbocycles. The fraction of sp³-hybridized carbons (Fsp3) is 0.619. The third-order valence-corrected chi connectivity index (χ3v) is 4.81. The summed E-state index contributed by atoms with van der Waals surface area (Å²) in [5, 5.41) is 6.90. The van der Waals surface area contributed by atoms with Crippen molar-refractivity contribution in [3.8, 4) is 0 Å². The molecular formula is C21H34N4O2. The van der Waals surface area contributed by atoms with Crippen molar-refractivity contribution in [2.24, 2.45) is 4.99 Å². The Hall–Kier alpha value is -2.08. The van der Waals surface area contributed by atoms with Crippen LogP contribution >= 0.6 is 0 Å². The topological polar surface area (TPSA) is 66.0 Å². The number of benzene rings is 1. The molecule has 1 heterocycles. The standard InChI is InChI=1S/C21H34N4O2/c1-3-22-21(23-14-8-7-11-20(26)27-2)24-19-12-15-25(16-13-19)17-18-9-5-4-6-10-18/h4-6,9-10,19H,3,7-8,11-17H2,1-2H3,(H2,22,23,24). The molecule has 0 spiro atoms. The van der Waals surface area contributed by atoms with Crippen molar-refractivity contribution >= 4 is 11.9 Å². The van der Waals surface area contributed by atoms with E-state index in [-0.39, 0.29) is 5.97 Å². The van der Waals surface area contributed by atoms with Crippen molar-refractivity contribution in [1.29, 1.82) is 0 Å². The minimum absolute atomic E-state index is 0.147. The van der Waals surface area contributed by atoms with Gasteiger partial charge in [0.25, 0.3) is 0 Å². The number of carbonyl (C=O) groups excluding carboxylic acids is 1. The van der Waals surface area contributed by atoms with Crippen LogP contribution in [0.2, 0.25) is 0 Å². The molecule has 1 aromatic rings. The van der Waals surface area contributed by atoms with Crippen molar-refractivity contribution < 1.29 is 9.53 Å². The van der Waals surface area contributed by atoms with Crippen LogP contribution in [0.1, 0.15) is 44.6 Å². The Morgan fingerprint density at radius 1 is 1.22 bits per heavy atom. The van der Waals surface area contributed by atoms with Crippen LogP contribution in [0.15, 0.2) is 35.3 Å². The van der Waals surface area contributed by atoms with Crippen LogP contribution in [0.4, 0.5) is 0 Å².